The summed E-state index contributed by atoms with van der Waals surface area (Å²) in [6.45, 7) is 10.4. The summed E-state index contributed by atoms with van der Waals surface area (Å²) < 4.78 is 11.3. The van der Waals surface area contributed by atoms with Crippen molar-refractivity contribution in [3.63, 3.8) is 0 Å². The van der Waals surface area contributed by atoms with Gasteiger partial charge in [0.15, 0.2) is 17.5 Å². The SMILES string of the molecule is CCOc1ccc(CCNC(=NC)NCCC(=O)NC(C)CC)cc1OCC.I. The minimum absolute atomic E-state index is 0. The lowest BCUT2D eigenvalue weighted by atomic mass is 10.1. The van der Waals surface area contributed by atoms with Gasteiger partial charge in [-0.25, -0.2) is 0 Å². The Morgan fingerprint density at radius 1 is 1.07 bits per heavy atom. The lowest BCUT2D eigenvalue weighted by Gasteiger charge is -2.15. The Morgan fingerprint density at radius 2 is 1.72 bits per heavy atom. The van der Waals surface area contributed by atoms with E-state index < -0.39 is 0 Å². The summed E-state index contributed by atoms with van der Waals surface area (Å²) in [4.78, 5) is 16.0. The molecule has 1 rings (SSSR count). The van der Waals surface area contributed by atoms with Gasteiger partial charge in [0.25, 0.3) is 0 Å². The first-order valence-corrected chi connectivity index (χ1v) is 10.2. The topological polar surface area (TPSA) is 84.0 Å². The van der Waals surface area contributed by atoms with Crippen LogP contribution in [-0.2, 0) is 11.2 Å². The van der Waals surface area contributed by atoms with Gasteiger partial charge in [0.2, 0.25) is 5.91 Å². The van der Waals surface area contributed by atoms with Crippen molar-refractivity contribution < 1.29 is 14.3 Å². The molecule has 0 aliphatic rings. The Labute approximate surface area is 192 Å². The molecule has 1 aromatic carbocycles. The van der Waals surface area contributed by atoms with Crippen LogP contribution < -0.4 is 25.4 Å². The second-order valence-corrected chi connectivity index (χ2v) is 6.45. The molecule has 8 heteroatoms. The van der Waals surface area contributed by atoms with E-state index in [1.165, 1.54) is 0 Å². The van der Waals surface area contributed by atoms with E-state index in [0.717, 1.165) is 36.4 Å². The van der Waals surface area contributed by atoms with Crippen LogP contribution in [0.4, 0.5) is 0 Å². The maximum Gasteiger partial charge on any atom is 0.221 e. The number of nitrogens with zero attached hydrogens (tertiary/aromatic N) is 1. The number of nitrogens with one attached hydrogen (secondary N) is 3. The Morgan fingerprint density at radius 3 is 2.34 bits per heavy atom. The van der Waals surface area contributed by atoms with Crippen LogP contribution in [0.1, 0.15) is 46.1 Å². The second-order valence-electron chi connectivity index (χ2n) is 6.45. The monoisotopic (exact) mass is 520 g/mol. The Hall–Kier alpha value is -1.71. The minimum atomic E-state index is 0. The van der Waals surface area contributed by atoms with Gasteiger partial charge in [-0.3, -0.25) is 9.79 Å². The summed E-state index contributed by atoms with van der Waals surface area (Å²) >= 11 is 0. The molecule has 0 saturated carbocycles. The van der Waals surface area contributed by atoms with Crippen molar-refractivity contribution in [2.75, 3.05) is 33.4 Å². The van der Waals surface area contributed by atoms with Crippen LogP contribution in [0.5, 0.6) is 11.5 Å². The summed E-state index contributed by atoms with van der Waals surface area (Å²) in [5.74, 6) is 2.29. The summed E-state index contributed by atoms with van der Waals surface area (Å²) in [5, 5.41) is 9.39. The van der Waals surface area contributed by atoms with Crippen molar-refractivity contribution in [2.45, 2.75) is 53.0 Å². The Bertz CT molecular complexity index is 626. The number of halogens is 1. The molecule has 7 nitrogen and oxygen atoms in total. The van der Waals surface area contributed by atoms with Crippen molar-refractivity contribution in [2.24, 2.45) is 4.99 Å². The van der Waals surface area contributed by atoms with Crippen LogP contribution in [0.2, 0.25) is 0 Å². The highest BCUT2D eigenvalue weighted by Gasteiger charge is 2.08. The van der Waals surface area contributed by atoms with Crippen LogP contribution in [0.3, 0.4) is 0 Å². The third-order valence-corrected chi connectivity index (χ3v) is 4.20. The van der Waals surface area contributed by atoms with E-state index in [9.17, 15) is 4.79 Å². The van der Waals surface area contributed by atoms with Gasteiger partial charge in [-0.15, -0.1) is 24.0 Å². The molecular formula is C21H37IN4O3. The first kappa shape index (κ1) is 27.3. The molecule has 1 amide bonds. The average molecular weight is 520 g/mol. The standard InChI is InChI=1S/C21H36N4O3.HI/c1-6-16(4)25-20(26)12-14-24-21(22-5)23-13-11-17-9-10-18(27-7-2)19(15-17)28-8-3;/h9-10,15-16H,6-8,11-14H2,1-5H3,(H,25,26)(H2,22,23,24);1H. The van der Waals surface area contributed by atoms with Crippen LogP contribution in [0, 0.1) is 0 Å². The maximum atomic E-state index is 11.8. The summed E-state index contributed by atoms with van der Waals surface area (Å²) in [6, 6.07) is 6.23. The van der Waals surface area contributed by atoms with Crippen molar-refractivity contribution >= 4 is 35.8 Å². The number of rotatable bonds is 12. The number of guanidine groups is 1. The summed E-state index contributed by atoms with van der Waals surface area (Å²) in [5.41, 5.74) is 1.16. The van der Waals surface area contributed by atoms with E-state index in [-0.39, 0.29) is 35.9 Å². The highest BCUT2D eigenvalue weighted by atomic mass is 127. The van der Waals surface area contributed by atoms with E-state index >= 15 is 0 Å². The largest absolute Gasteiger partial charge is 0.490 e. The lowest BCUT2D eigenvalue weighted by molar-refractivity contribution is -0.121. The van der Waals surface area contributed by atoms with Gasteiger partial charge in [-0.05, 0) is 51.3 Å². The molecule has 0 bridgehead atoms. The number of amides is 1. The summed E-state index contributed by atoms with van der Waals surface area (Å²) in [7, 11) is 1.72. The van der Waals surface area contributed by atoms with Crippen LogP contribution >= 0.6 is 24.0 Å². The van der Waals surface area contributed by atoms with Crippen molar-refractivity contribution in [1.82, 2.24) is 16.0 Å². The molecule has 0 spiro atoms. The Balaban J connectivity index is 0.00000784. The number of hydrogen-bond acceptors (Lipinski definition) is 4. The predicted molar refractivity (Wildman–Crippen MR) is 130 cm³/mol. The Kier molecular flexibility index (Phi) is 15.2. The highest BCUT2D eigenvalue weighted by molar-refractivity contribution is 14.0. The third-order valence-electron chi connectivity index (χ3n) is 4.20. The quantitative estimate of drug-likeness (QED) is 0.224. The van der Waals surface area contributed by atoms with E-state index in [1.54, 1.807) is 7.05 Å². The second kappa shape index (κ2) is 16.1. The van der Waals surface area contributed by atoms with Crippen molar-refractivity contribution in [3.05, 3.63) is 23.8 Å². The van der Waals surface area contributed by atoms with E-state index in [1.807, 2.05) is 39.0 Å². The smallest absolute Gasteiger partial charge is 0.221 e. The zero-order valence-corrected chi connectivity index (χ0v) is 20.7. The van der Waals surface area contributed by atoms with Gasteiger partial charge in [0, 0.05) is 32.6 Å². The van der Waals surface area contributed by atoms with Gasteiger partial charge < -0.3 is 25.4 Å². The number of carbonyl (C=O) groups excluding carboxylic acids is 1. The molecule has 1 aromatic rings. The molecular weight excluding hydrogens is 483 g/mol. The lowest BCUT2D eigenvalue weighted by Crippen LogP contribution is -2.41. The zero-order valence-electron chi connectivity index (χ0n) is 18.3. The molecule has 0 radical (unpaired) electrons. The van der Waals surface area contributed by atoms with Gasteiger partial charge >= 0.3 is 0 Å². The first-order valence-electron chi connectivity index (χ1n) is 10.2. The molecule has 0 aliphatic heterocycles. The number of ether oxygens (including phenoxy) is 2. The molecule has 29 heavy (non-hydrogen) atoms. The minimum Gasteiger partial charge on any atom is -0.490 e. The molecule has 1 unspecified atom stereocenters. The predicted octanol–water partition coefficient (Wildman–Crippen LogP) is 3.11. The van der Waals surface area contributed by atoms with E-state index in [0.29, 0.717) is 32.1 Å². The molecule has 166 valence electrons. The molecule has 0 aliphatic carbocycles. The fourth-order valence-corrected chi connectivity index (χ4v) is 2.54. The highest BCUT2D eigenvalue weighted by Crippen LogP contribution is 2.28. The molecule has 0 heterocycles. The number of carbonyl (C=O) groups is 1. The van der Waals surface area contributed by atoms with Gasteiger partial charge in [0.05, 0.1) is 13.2 Å². The van der Waals surface area contributed by atoms with Crippen LogP contribution in [0.15, 0.2) is 23.2 Å². The number of hydrogen-bond donors (Lipinski definition) is 3. The average Bonchev–Trinajstić information content (AvgIpc) is 2.68. The van der Waals surface area contributed by atoms with Gasteiger partial charge in [0.1, 0.15) is 0 Å². The fraction of sp³-hybridized carbons (Fsp3) is 0.619. The van der Waals surface area contributed by atoms with Gasteiger partial charge in [-0.2, -0.15) is 0 Å². The molecule has 3 N–H and O–H groups in total. The third kappa shape index (κ3) is 11.2. The molecule has 0 fully saturated rings. The number of benzene rings is 1. The van der Waals surface area contributed by atoms with Crippen molar-refractivity contribution in [1.29, 1.82) is 0 Å². The molecule has 0 aromatic heterocycles. The molecule has 1 atom stereocenters. The molecule has 0 saturated heterocycles. The van der Waals surface area contributed by atoms with Crippen molar-refractivity contribution in [3.8, 4) is 11.5 Å². The van der Waals surface area contributed by atoms with E-state index in [2.05, 4.69) is 27.9 Å². The normalized spacial score (nSPS) is 11.8. The number of aliphatic imine (C=N–C) groups is 1. The van der Waals surface area contributed by atoms with Gasteiger partial charge in [-0.1, -0.05) is 13.0 Å². The maximum absolute atomic E-state index is 11.8. The summed E-state index contributed by atoms with van der Waals surface area (Å²) in [6.07, 6.45) is 2.17. The van der Waals surface area contributed by atoms with E-state index in [4.69, 9.17) is 9.47 Å². The first-order chi connectivity index (χ1) is 13.5. The van der Waals surface area contributed by atoms with Crippen LogP contribution in [0.25, 0.3) is 0 Å². The zero-order chi connectivity index (χ0) is 20.8. The van der Waals surface area contributed by atoms with Crippen LogP contribution in [-0.4, -0.2) is 51.3 Å². The fourth-order valence-electron chi connectivity index (χ4n) is 2.54.